The number of hydrogen-bond acceptors (Lipinski definition) is 3. The van der Waals surface area contributed by atoms with Gasteiger partial charge in [-0.15, -0.1) is 0 Å². The Hall–Kier alpha value is -2.18. The van der Waals surface area contributed by atoms with Crippen LogP contribution < -0.4 is 0 Å². The van der Waals surface area contributed by atoms with Gasteiger partial charge in [0.25, 0.3) is 0 Å². The Balaban J connectivity index is 1.21. The van der Waals surface area contributed by atoms with E-state index in [1.807, 2.05) is 11.0 Å². The van der Waals surface area contributed by atoms with Crippen LogP contribution in [0.3, 0.4) is 0 Å². The van der Waals surface area contributed by atoms with Crippen LogP contribution in [0.2, 0.25) is 0 Å². The van der Waals surface area contributed by atoms with Gasteiger partial charge in [0.15, 0.2) is 0 Å². The zero-order chi connectivity index (χ0) is 22.7. The summed E-state index contributed by atoms with van der Waals surface area (Å²) in [6.07, 6.45) is 6.68. The van der Waals surface area contributed by atoms with E-state index in [2.05, 4.69) is 30.3 Å². The summed E-state index contributed by atoms with van der Waals surface area (Å²) in [6.45, 7) is 1.71. The molecule has 174 valence electrons. The maximum absolute atomic E-state index is 14.0. The number of sulfonamides is 1. The summed E-state index contributed by atoms with van der Waals surface area (Å²) < 4.78 is 27.6. The standard InChI is InChI=1S/C27H32N2O3S/c30-25(28-11-13-29(14-12-28)33(31,32)24-9-5-2-6-10-24)27-18-21-15-22(19-27)17-26(16-21,20-27)23-7-3-1-4-8-23/h1-10,21-22H,11-20H2/t21-,22+,26?,27?. The normalized spacial score (nSPS) is 33.9. The zero-order valence-electron chi connectivity index (χ0n) is 19.0. The summed E-state index contributed by atoms with van der Waals surface area (Å²) in [5.74, 6) is 1.55. The minimum absolute atomic E-state index is 0.138. The van der Waals surface area contributed by atoms with Gasteiger partial charge in [0.05, 0.1) is 10.3 Å². The molecule has 1 aliphatic heterocycles. The van der Waals surface area contributed by atoms with Crippen LogP contribution in [0.1, 0.15) is 44.1 Å². The first-order chi connectivity index (χ1) is 15.9. The molecular formula is C27H32N2O3S. The summed E-state index contributed by atoms with van der Waals surface area (Å²) in [5, 5.41) is 0. The van der Waals surface area contributed by atoms with Crippen LogP contribution in [0, 0.1) is 17.3 Å². The lowest BCUT2D eigenvalue weighted by molar-refractivity contribution is -0.161. The van der Waals surface area contributed by atoms with E-state index in [1.54, 1.807) is 24.3 Å². The fourth-order valence-corrected chi connectivity index (χ4v) is 9.29. The average molecular weight is 465 g/mol. The van der Waals surface area contributed by atoms with Crippen molar-refractivity contribution in [1.29, 1.82) is 0 Å². The number of piperazine rings is 1. The maximum atomic E-state index is 14.0. The quantitative estimate of drug-likeness (QED) is 0.686. The minimum atomic E-state index is -3.51. The van der Waals surface area contributed by atoms with Crippen molar-refractivity contribution in [2.75, 3.05) is 26.2 Å². The Morgan fingerprint density at radius 3 is 1.97 bits per heavy atom. The second kappa shape index (κ2) is 7.67. The highest BCUT2D eigenvalue weighted by Gasteiger charge is 2.61. The van der Waals surface area contributed by atoms with E-state index in [0.29, 0.717) is 42.9 Å². The van der Waals surface area contributed by atoms with Crippen LogP contribution in [0.25, 0.3) is 0 Å². The van der Waals surface area contributed by atoms with Gasteiger partial charge in [0.1, 0.15) is 0 Å². The lowest BCUT2D eigenvalue weighted by Gasteiger charge is -2.62. The molecule has 1 amide bonds. The SMILES string of the molecule is O=C(N1CCN(S(=O)(=O)c2ccccc2)CC1)C12C[C@H]3C[C@@H](C1)CC(c1ccccc1)(C3)C2. The smallest absolute Gasteiger partial charge is 0.243 e. The van der Waals surface area contributed by atoms with Gasteiger partial charge >= 0.3 is 0 Å². The van der Waals surface area contributed by atoms with Crippen molar-refractivity contribution in [2.24, 2.45) is 17.3 Å². The maximum Gasteiger partial charge on any atom is 0.243 e. The first-order valence-corrected chi connectivity index (χ1v) is 13.7. The fourth-order valence-electron chi connectivity index (χ4n) is 7.85. The Morgan fingerprint density at radius 1 is 0.788 bits per heavy atom. The summed E-state index contributed by atoms with van der Waals surface area (Å²) in [5.41, 5.74) is 1.29. The molecule has 2 aromatic rings. The number of carbonyl (C=O) groups is 1. The van der Waals surface area contributed by atoms with E-state index >= 15 is 0 Å². The highest BCUT2D eigenvalue weighted by atomic mass is 32.2. The van der Waals surface area contributed by atoms with Crippen LogP contribution in [0.4, 0.5) is 0 Å². The molecule has 0 N–H and O–H groups in total. The lowest BCUT2D eigenvalue weighted by atomic mass is 9.42. The molecule has 5 nitrogen and oxygen atoms in total. The van der Waals surface area contributed by atoms with Gasteiger partial charge in [-0.25, -0.2) is 8.42 Å². The van der Waals surface area contributed by atoms with E-state index in [4.69, 9.17) is 0 Å². The fraction of sp³-hybridized carbons (Fsp3) is 0.519. The topological polar surface area (TPSA) is 57.7 Å². The Bertz CT molecular complexity index is 1130. The van der Waals surface area contributed by atoms with E-state index < -0.39 is 10.0 Å². The third-order valence-corrected chi connectivity index (χ3v) is 10.7. The zero-order valence-corrected chi connectivity index (χ0v) is 19.8. The van der Waals surface area contributed by atoms with Crippen molar-refractivity contribution < 1.29 is 13.2 Å². The summed E-state index contributed by atoms with van der Waals surface area (Å²) in [4.78, 5) is 16.3. The van der Waals surface area contributed by atoms with Crippen LogP contribution >= 0.6 is 0 Å². The minimum Gasteiger partial charge on any atom is -0.340 e. The van der Waals surface area contributed by atoms with E-state index in [1.165, 1.54) is 29.1 Å². The predicted molar refractivity (Wildman–Crippen MR) is 127 cm³/mol. The molecule has 33 heavy (non-hydrogen) atoms. The molecule has 1 saturated heterocycles. The molecular weight excluding hydrogens is 432 g/mol. The molecule has 5 fully saturated rings. The molecule has 6 heteroatoms. The van der Waals surface area contributed by atoms with Crippen molar-refractivity contribution in [3.63, 3.8) is 0 Å². The molecule has 4 atom stereocenters. The molecule has 4 bridgehead atoms. The molecule has 5 aliphatic rings. The number of benzene rings is 2. The number of nitrogens with zero attached hydrogens (tertiary/aromatic N) is 2. The molecule has 0 spiro atoms. The summed E-state index contributed by atoms with van der Waals surface area (Å²) in [7, 11) is -3.51. The summed E-state index contributed by atoms with van der Waals surface area (Å²) in [6, 6.07) is 19.5. The van der Waals surface area contributed by atoms with Crippen LogP contribution in [0.15, 0.2) is 65.6 Å². The third-order valence-electron chi connectivity index (χ3n) is 8.81. The Kier molecular flexibility index (Phi) is 4.97. The highest BCUT2D eigenvalue weighted by Crippen LogP contribution is 2.66. The van der Waals surface area contributed by atoms with Crippen molar-refractivity contribution in [1.82, 2.24) is 9.21 Å². The van der Waals surface area contributed by atoms with Crippen LogP contribution in [-0.2, 0) is 20.2 Å². The second-order valence-corrected chi connectivity index (χ2v) is 12.8. The van der Waals surface area contributed by atoms with Crippen LogP contribution in [-0.4, -0.2) is 49.7 Å². The molecule has 7 rings (SSSR count). The van der Waals surface area contributed by atoms with Gasteiger partial charge in [-0.1, -0.05) is 48.5 Å². The lowest BCUT2D eigenvalue weighted by Crippen LogP contribution is -2.61. The summed E-state index contributed by atoms with van der Waals surface area (Å²) >= 11 is 0. The Morgan fingerprint density at radius 2 is 1.36 bits per heavy atom. The number of hydrogen-bond donors (Lipinski definition) is 0. The molecule has 2 aromatic carbocycles. The number of carbonyl (C=O) groups excluding carboxylic acids is 1. The largest absolute Gasteiger partial charge is 0.340 e. The van der Waals surface area contributed by atoms with Gasteiger partial charge in [0.2, 0.25) is 15.9 Å². The van der Waals surface area contributed by atoms with Crippen molar-refractivity contribution >= 4 is 15.9 Å². The monoisotopic (exact) mass is 464 g/mol. The van der Waals surface area contributed by atoms with Gasteiger partial charge in [0, 0.05) is 26.2 Å². The van der Waals surface area contributed by atoms with E-state index in [-0.39, 0.29) is 16.7 Å². The average Bonchev–Trinajstić information content (AvgIpc) is 2.84. The van der Waals surface area contributed by atoms with Gasteiger partial charge in [-0.2, -0.15) is 4.31 Å². The highest BCUT2D eigenvalue weighted by molar-refractivity contribution is 7.89. The first kappa shape index (κ1) is 21.4. The number of amides is 1. The molecule has 0 radical (unpaired) electrons. The van der Waals surface area contributed by atoms with Crippen LogP contribution in [0.5, 0.6) is 0 Å². The predicted octanol–water partition coefficient (Wildman–Crippen LogP) is 4.06. The van der Waals surface area contributed by atoms with E-state index in [9.17, 15) is 13.2 Å². The van der Waals surface area contributed by atoms with Crippen molar-refractivity contribution in [3.8, 4) is 0 Å². The molecule has 1 heterocycles. The Labute approximate surface area is 196 Å². The molecule has 4 saturated carbocycles. The van der Waals surface area contributed by atoms with Gasteiger partial charge in [-0.05, 0) is 73.5 Å². The third kappa shape index (κ3) is 3.45. The van der Waals surface area contributed by atoms with Gasteiger partial charge in [-0.3, -0.25) is 4.79 Å². The number of rotatable bonds is 4. The molecule has 4 aliphatic carbocycles. The first-order valence-electron chi connectivity index (χ1n) is 12.3. The van der Waals surface area contributed by atoms with Gasteiger partial charge < -0.3 is 4.90 Å². The van der Waals surface area contributed by atoms with Crippen molar-refractivity contribution in [3.05, 3.63) is 66.2 Å². The van der Waals surface area contributed by atoms with Crippen molar-refractivity contribution in [2.45, 2.75) is 48.8 Å². The molecule has 0 aromatic heterocycles. The van der Waals surface area contributed by atoms with E-state index in [0.717, 1.165) is 19.3 Å². The molecule has 2 unspecified atom stereocenters. The second-order valence-electron chi connectivity index (χ2n) is 10.9.